The number of piperidine rings is 2. The number of aliphatic carboxylic acids is 1. The van der Waals surface area contributed by atoms with Crippen LogP contribution < -0.4 is 34.0 Å². The van der Waals surface area contributed by atoms with Gasteiger partial charge < -0.3 is 44.0 Å². The van der Waals surface area contributed by atoms with Crippen LogP contribution in [0.1, 0.15) is 105 Å². The molecule has 14 heterocycles. The van der Waals surface area contributed by atoms with Gasteiger partial charge in [0.25, 0.3) is 0 Å². The summed E-state index contributed by atoms with van der Waals surface area (Å²) in [6, 6.07) is 82.0. The van der Waals surface area contributed by atoms with Crippen molar-refractivity contribution >= 4 is 107 Å². The molecule has 0 radical (unpaired) electrons. The van der Waals surface area contributed by atoms with Crippen molar-refractivity contribution in [3.8, 4) is 90.1 Å². The predicted molar refractivity (Wildman–Crippen MR) is 521 cm³/mol. The van der Waals surface area contributed by atoms with E-state index < -0.39 is 5.97 Å². The summed E-state index contributed by atoms with van der Waals surface area (Å²) >= 11 is 0. The van der Waals surface area contributed by atoms with Crippen molar-refractivity contribution < 1.29 is 19.5 Å². The molecule has 24 rings (SSSR count). The molecule has 27 heteroatoms. The molecule has 20 aromatic rings. The minimum absolute atomic E-state index is 0.0809. The van der Waals surface area contributed by atoms with Gasteiger partial charge in [0.05, 0.1) is 50.8 Å². The number of carboxylic acid groups (broad SMARTS) is 1. The number of rotatable bonds is 14. The first-order valence-electron chi connectivity index (χ1n) is 44.9. The Bertz CT molecular complexity index is 7620. The highest BCUT2D eigenvalue weighted by Crippen LogP contribution is 2.47. The minimum Gasteiger partial charge on any atom is -0.481 e. The number of amides is 2. The van der Waals surface area contributed by atoms with Gasteiger partial charge in [0.15, 0.2) is 0 Å². The Hall–Kier alpha value is -16.6. The number of nitrogen functional groups attached to an aromatic ring is 4. The Kier molecular flexibility index (Phi) is 22.2. The van der Waals surface area contributed by atoms with Gasteiger partial charge in [-0.05, 0) is 113 Å². The minimum atomic E-state index is -0.747. The molecule has 27 nitrogen and oxygen atoms in total. The van der Waals surface area contributed by atoms with E-state index >= 15 is 0 Å². The second-order valence-corrected chi connectivity index (χ2v) is 34.6. The topological polar surface area (TPSA) is 389 Å². The van der Waals surface area contributed by atoms with Crippen LogP contribution in [0, 0.1) is 11.8 Å². The van der Waals surface area contributed by atoms with E-state index in [-0.39, 0.29) is 41.4 Å². The van der Waals surface area contributed by atoms with Gasteiger partial charge in [-0.15, -0.1) is 0 Å². The Morgan fingerprint density at radius 1 is 0.331 bits per heavy atom. The number of benzene rings is 8. The molecule has 2 aliphatic heterocycles. The van der Waals surface area contributed by atoms with Crippen molar-refractivity contribution in [3.05, 3.63) is 316 Å². The second kappa shape index (κ2) is 35.5. The number of imidazole rings is 4. The molecule has 12 N–H and O–H groups in total. The summed E-state index contributed by atoms with van der Waals surface area (Å²) in [7, 11) is 0. The lowest BCUT2D eigenvalue weighted by Crippen LogP contribution is -2.36. The van der Waals surface area contributed by atoms with Gasteiger partial charge in [0.1, 0.15) is 91.4 Å². The Morgan fingerprint density at radius 2 is 0.602 bits per heavy atom. The summed E-state index contributed by atoms with van der Waals surface area (Å²) < 4.78 is 8.16. The first-order chi connectivity index (χ1) is 65.0. The summed E-state index contributed by atoms with van der Waals surface area (Å²) in [5, 5.41) is 17.0. The van der Waals surface area contributed by atoms with Crippen molar-refractivity contribution in [2.24, 2.45) is 17.6 Å². The van der Waals surface area contributed by atoms with E-state index in [1.807, 2.05) is 166 Å². The number of carbonyl (C=O) groups excluding carboxylic acids is 2. The lowest BCUT2D eigenvalue weighted by molar-refractivity contribution is -0.145. The third kappa shape index (κ3) is 16.4. The summed E-state index contributed by atoms with van der Waals surface area (Å²) in [6.07, 6.45) is 20.9. The van der Waals surface area contributed by atoms with Gasteiger partial charge in [0, 0.05) is 165 Å². The van der Waals surface area contributed by atoms with E-state index in [1.165, 1.54) is 0 Å². The second-order valence-electron chi connectivity index (χ2n) is 34.6. The molecule has 8 aromatic carbocycles. The number of hydrogen-bond donors (Lipinski definition) is 7. The molecule has 2 saturated heterocycles. The van der Waals surface area contributed by atoms with E-state index in [1.54, 1.807) is 31.7 Å². The first-order valence-corrected chi connectivity index (χ1v) is 44.9. The number of pyridine rings is 4. The van der Waals surface area contributed by atoms with E-state index in [4.69, 9.17) is 68.5 Å². The molecular weight excluding hydrogens is 1660 g/mol. The van der Waals surface area contributed by atoms with Crippen molar-refractivity contribution in [2.45, 2.75) is 82.0 Å². The van der Waals surface area contributed by atoms with Crippen molar-refractivity contribution in [1.82, 2.24) is 87.6 Å². The van der Waals surface area contributed by atoms with Gasteiger partial charge in [0.2, 0.25) is 11.8 Å². The van der Waals surface area contributed by atoms with Crippen LogP contribution in [0.2, 0.25) is 0 Å². The molecule has 4 fully saturated rings. The fourth-order valence-corrected chi connectivity index (χ4v) is 19.1. The summed E-state index contributed by atoms with van der Waals surface area (Å²) in [5.41, 5.74) is 52.6. The smallest absolute Gasteiger partial charge is 0.306 e. The van der Waals surface area contributed by atoms with Crippen LogP contribution in [0.4, 0.5) is 23.3 Å². The Balaban J connectivity index is 0.000000107. The maximum absolute atomic E-state index is 11.8. The molecular formula is C106H93N23O4. The zero-order valence-electron chi connectivity index (χ0n) is 72.8. The number of nitrogens with two attached hydrogens (primary N) is 5. The lowest BCUT2D eigenvalue weighted by atomic mass is 9.74. The number of aromatic nitrogens is 16. The van der Waals surface area contributed by atoms with Crippen LogP contribution in [0.25, 0.3) is 156 Å². The highest BCUT2D eigenvalue weighted by molar-refractivity contribution is 5.97. The summed E-state index contributed by atoms with van der Waals surface area (Å²) in [6.45, 7) is 5.14. The van der Waals surface area contributed by atoms with Gasteiger partial charge in [-0.25, -0.2) is 59.8 Å². The molecule has 656 valence electrons. The third-order valence-electron chi connectivity index (χ3n) is 26.3. The highest BCUT2D eigenvalue weighted by atomic mass is 16.4. The summed E-state index contributed by atoms with van der Waals surface area (Å²) in [5.74, 6) is 5.15. The molecule has 0 spiro atoms. The SMILES string of the molecule is CC(=O)N1CCC(c2nc(-c3ccc4ccc(-c5ccccc5)nc4c3)c3c(N)nccn23)CC1.NC(=O)C1CC(c2nc(-c3ccc4ccc(-c5ccccc5)nc4c3)c3c(N)nccn23)C1.Nc1nccn2c(C3CC(C(=O)O)C3)nc(-c3ccc4ccc(-c5ccccc5)nc4c3)c12.Nc1nccn2c(C3CCNCC3)nc(-c3ccc4ccc(-c5ccccc5)nc4c3)c12. The molecule has 0 atom stereocenters. The van der Waals surface area contributed by atoms with Crippen LogP contribution in [-0.4, -0.2) is 131 Å². The predicted octanol–water partition coefficient (Wildman–Crippen LogP) is 18.5. The van der Waals surface area contributed by atoms with Crippen molar-refractivity contribution in [2.75, 3.05) is 49.1 Å². The van der Waals surface area contributed by atoms with Crippen LogP contribution in [-0.2, 0) is 14.4 Å². The number of hydrogen-bond acceptors (Lipinski definition) is 20. The quantitative estimate of drug-likeness (QED) is 0.0531. The van der Waals surface area contributed by atoms with E-state index in [2.05, 4.69) is 149 Å². The molecule has 4 aliphatic rings. The molecule has 12 aromatic heterocycles. The molecule has 2 amide bonds. The number of nitrogens with zero attached hydrogens (tertiary/aromatic N) is 17. The average Bonchev–Trinajstić information content (AvgIpc) is 1.61. The van der Waals surface area contributed by atoms with Crippen LogP contribution in [0.15, 0.2) is 292 Å². The van der Waals surface area contributed by atoms with Crippen LogP contribution in [0.5, 0.6) is 0 Å². The third-order valence-corrected chi connectivity index (χ3v) is 26.3. The van der Waals surface area contributed by atoms with Gasteiger partial charge in [-0.1, -0.05) is 194 Å². The Morgan fingerprint density at radius 3 is 0.880 bits per heavy atom. The molecule has 2 saturated carbocycles. The maximum atomic E-state index is 11.8. The number of carbonyl (C=O) groups is 3. The number of anilines is 4. The number of nitrogens with one attached hydrogen (secondary N) is 1. The number of carboxylic acids is 1. The highest BCUT2D eigenvalue weighted by Gasteiger charge is 2.40. The lowest BCUT2D eigenvalue weighted by Gasteiger charge is -2.31. The fraction of sp³-hybridized carbons (Fsp3) is 0.179. The number of fused-ring (bicyclic) bond motifs is 8. The van der Waals surface area contributed by atoms with Gasteiger partial charge >= 0.3 is 5.97 Å². The van der Waals surface area contributed by atoms with Gasteiger partial charge in [-0.2, -0.15) is 0 Å². The van der Waals surface area contributed by atoms with Crippen LogP contribution in [0.3, 0.4) is 0 Å². The monoisotopic (exact) mass is 1750 g/mol. The zero-order valence-corrected chi connectivity index (χ0v) is 72.8. The Labute approximate surface area is 763 Å². The normalized spacial score (nSPS) is 16.3. The molecule has 2 aliphatic carbocycles. The molecule has 133 heavy (non-hydrogen) atoms. The number of likely N-dealkylation sites (tertiary alicyclic amines) is 1. The molecule has 0 bridgehead atoms. The first kappa shape index (κ1) is 83.4. The standard InChI is InChI=1S/C28H26N6O.C26H22N6O.C26H24N6.C26H21N5O2/c1-18(35)33-14-11-21(12-15-33)28-32-25(26-27(29)30-13-16-34(26)28)22-8-7-20-9-10-23(31-24(20)17-22)19-5-3-2-4-6-19;27-24-23-22(31-26(32(23)11-10-29-24)19-12-18(13-19)25(28)33)17-7-6-16-8-9-20(30-21(16)14-17)15-4-2-1-3-5-15;27-25-24-23(31-26(32(24)15-14-29-25)19-10-12-28-13-11-19)20-7-6-18-8-9-21(30-22(18)16-20)17-4-2-1-3-5-17;27-24-23-22(30-25(31(23)11-10-28-24)18-12-19(13-18)26(32)33)17-7-6-16-8-9-20(29-21(16)14-17)15-4-2-1-3-5-15/h2-10,13,16-17,21H,11-12,14-15H2,1H3,(H2,29,30);1-11,14,18-19H,12-13H2,(H2,27,29)(H2,28,33);1-9,14-16,19,28H,10-13H2,(H2,27,29);1-11,14,18-19H,12-13H2,(H2,27,28)(H,32,33). The molecule has 0 unspecified atom stereocenters. The maximum Gasteiger partial charge on any atom is 0.306 e. The van der Waals surface area contributed by atoms with Gasteiger partial charge in [-0.3, -0.25) is 32.0 Å². The van der Waals surface area contributed by atoms with E-state index in [0.29, 0.717) is 54.9 Å². The van der Waals surface area contributed by atoms with Crippen molar-refractivity contribution in [1.29, 1.82) is 0 Å². The number of primary amides is 1. The largest absolute Gasteiger partial charge is 0.481 e. The average molecular weight is 1750 g/mol. The summed E-state index contributed by atoms with van der Waals surface area (Å²) in [4.78, 5) is 93.6. The van der Waals surface area contributed by atoms with Crippen molar-refractivity contribution in [3.63, 3.8) is 0 Å². The van der Waals surface area contributed by atoms with E-state index in [9.17, 15) is 19.5 Å². The fourth-order valence-electron chi connectivity index (χ4n) is 19.1. The zero-order chi connectivity index (χ0) is 90.5. The van der Waals surface area contributed by atoms with E-state index in [0.717, 1.165) is 231 Å². The van der Waals surface area contributed by atoms with Crippen LogP contribution >= 0.6 is 0 Å².